The molecule has 3 aromatic carbocycles. The summed E-state index contributed by atoms with van der Waals surface area (Å²) in [6.07, 6.45) is 7.72. The minimum atomic E-state index is -0.342. The molecule has 2 aliphatic rings. The Bertz CT molecular complexity index is 1210. The lowest BCUT2D eigenvalue weighted by molar-refractivity contribution is 0.159. The van der Waals surface area contributed by atoms with E-state index in [4.69, 9.17) is 0 Å². The van der Waals surface area contributed by atoms with Crippen LogP contribution < -0.4 is 15.5 Å². The summed E-state index contributed by atoms with van der Waals surface area (Å²) in [4.78, 5) is 16.5. The third-order valence-electron chi connectivity index (χ3n) is 7.32. The van der Waals surface area contributed by atoms with Crippen molar-refractivity contribution in [3.63, 3.8) is 0 Å². The maximum atomic E-state index is 12.8. The third-order valence-corrected chi connectivity index (χ3v) is 8.06. The van der Waals surface area contributed by atoms with Gasteiger partial charge in [-0.1, -0.05) is 30.3 Å². The Labute approximate surface area is 218 Å². The molecule has 0 radical (unpaired) electrons. The van der Waals surface area contributed by atoms with E-state index >= 15 is 0 Å². The number of aliphatic hydroxyl groups excluding tert-OH is 1. The van der Waals surface area contributed by atoms with Crippen LogP contribution in [0.4, 0.5) is 16.2 Å². The second-order valence-corrected chi connectivity index (χ2v) is 10.7. The average Bonchev–Trinajstić information content (AvgIpc) is 2.92. The number of rotatable bonds is 6. The first-order valence-electron chi connectivity index (χ1n) is 13.0. The van der Waals surface area contributed by atoms with E-state index in [2.05, 4.69) is 70.3 Å². The SMILES string of the molecule is CSc1ccc(-c2cc(CNC(=O)Nc3cccc4c3CC(O)CC4)ccc2N2CCCCC2)cc1. The van der Waals surface area contributed by atoms with Crippen LogP contribution in [0.2, 0.25) is 0 Å². The second-order valence-electron chi connectivity index (χ2n) is 9.78. The van der Waals surface area contributed by atoms with Crippen molar-refractivity contribution in [2.45, 2.75) is 56.1 Å². The zero-order valence-electron chi connectivity index (χ0n) is 20.9. The number of thioether (sulfide) groups is 1. The van der Waals surface area contributed by atoms with Crippen LogP contribution in [0.3, 0.4) is 0 Å². The minimum Gasteiger partial charge on any atom is -0.393 e. The van der Waals surface area contributed by atoms with E-state index in [0.29, 0.717) is 13.0 Å². The minimum absolute atomic E-state index is 0.227. The van der Waals surface area contributed by atoms with Crippen LogP contribution in [0.25, 0.3) is 11.1 Å². The molecule has 5 nitrogen and oxygen atoms in total. The Balaban J connectivity index is 1.32. The number of aryl methyl sites for hydroxylation is 1. The molecule has 3 aromatic rings. The quantitative estimate of drug-likeness (QED) is 0.350. The first-order chi connectivity index (χ1) is 17.6. The predicted octanol–water partition coefficient (Wildman–Crippen LogP) is 6.24. The van der Waals surface area contributed by atoms with Gasteiger partial charge in [0.25, 0.3) is 0 Å². The number of urea groups is 1. The first-order valence-corrected chi connectivity index (χ1v) is 14.2. The molecular formula is C30H35N3O2S. The molecule has 1 unspecified atom stereocenters. The van der Waals surface area contributed by atoms with Crippen LogP contribution in [0.1, 0.15) is 42.4 Å². The number of amides is 2. The summed E-state index contributed by atoms with van der Waals surface area (Å²) >= 11 is 1.75. The van der Waals surface area contributed by atoms with Gasteiger partial charge in [-0.15, -0.1) is 11.8 Å². The molecule has 0 bridgehead atoms. The van der Waals surface area contributed by atoms with Gasteiger partial charge in [0.2, 0.25) is 0 Å². The molecule has 188 valence electrons. The molecule has 5 rings (SSSR count). The number of fused-ring (bicyclic) bond motifs is 1. The van der Waals surface area contributed by atoms with Crippen LogP contribution in [-0.4, -0.2) is 36.6 Å². The fraction of sp³-hybridized carbons (Fsp3) is 0.367. The van der Waals surface area contributed by atoms with Gasteiger partial charge >= 0.3 is 6.03 Å². The van der Waals surface area contributed by atoms with Crippen molar-refractivity contribution in [2.75, 3.05) is 29.6 Å². The molecule has 1 saturated heterocycles. The summed E-state index contributed by atoms with van der Waals surface area (Å²) in [5.41, 5.74) is 7.81. The number of carbonyl (C=O) groups is 1. The van der Waals surface area contributed by atoms with E-state index in [1.807, 2.05) is 12.1 Å². The molecule has 1 atom stereocenters. The average molecular weight is 502 g/mol. The first kappa shape index (κ1) is 24.7. The molecule has 1 aliphatic carbocycles. The highest BCUT2D eigenvalue weighted by molar-refractivity contribution is 7.98. The van der Waals surface area contributed by atoms with Crippen LogP contribution in [-0.2, 0) is 19.4 Å². The summed E-state index contributed by atoms with van der Waals surface area (Å²) in [5, 5.41) is 16.1. The molecule has 0 saturated carbocycles. The fourth-order valence-electron chi connectivity index (χ4n) is 5.34. The van der Waals surface area contributed by atoms with Gasteiger partial charge in [0.05, 0.1) is 6.10 Å². The van der Waals surface area contributed by atoms with Crippen molar-refractivity contribution >= 4 is 29.2 Å². The molecule has 1 fully saturated rings. The van der Waals surface area contributed by atoms with Gasteiger partial charge in [0, 0.05) is 47.9 Å². The van der Waals surface area contributed by atoms with Crippen LogP contribution in [0.5, 0.6) is 0 Å². The Morgan fingerprint density at radius 3 is 2.64 bits per heavy atom. The van der Waals surface area contributed by atoms with Gasteiger partial charge in [-0.25, -0.2) is 4.79 Å². The van der Waals surface area contributed by atoms with Gasteiger partial charge < -0.3 is 20.6 Å². The number of hydrogen-bond donors (Lipinski definition) is 3. The Morgan fingerprint density at radius 1 is 1.06 bits per heavy atom. The number of nitrogens with one attached hydrogen (secondary N) is 2. The normalized spacial score (nSPS) is 17.4. The van der Waals surface area contributed by atoms with E-state index < -0.39 is 0 Å². The van der Waals surface area contributed by atoms with E-state index in [-0.39, 0.29) is 12.1 Å². The van der Waals surface area contributed by atoms with Crippen molar-refractivity contribution in [1.82, 2.24) is 5.32 Å². The molecule has 0 spiro atoms. The van der Waals surface area contributed by atoms with Gasteiger partial charge in [-0.05, 0) is 90.9 Å². The van der Waals surface area contributed by atoms with Crippen LogP contribution >= 0.6 is 11.8 Å². The number of anilines is 2. The Kier molecular flexibility index (Phi) is 7.83. The van der Waals surface area contributed by atoms with E-state index in [1.165, 1.54) is 46.5 Å². The van der Waals surface area contributed by atoms with E-state index in [9.17, 15) is 9.90 Å². The van der Waals surface area contributed by atoms with Gasteiger partial charge in [0.1, 0.15) is 0 Å². The molecule has 3 N–H and O–H groups in total. The molecule has 0 aromatic heterocycles. The number of piperidine rings is 1. The maximum Gasteiger partial charge on any atom is 0.319 e. The number of aliphatic hydroxyl groups is 1. The lowest BCUT2D eigenvalue weighted by Crippen LogP contribution is -2.30. The molecule has 1 aliphatic heterocycles. The monoisotopic (exact) mass is 501 g/mol. The third kappa shape index (κ3) is 5.71. The van der Waals surface area contributed by atoms with E-state index in [0.717, 1.165) is 42.7 Å². The summed E-state index contributed by atoms with van der Waals surface area (Å²) in [6.45, 7) is 2.62. The van der Waals surface area contributed by atoms with Crippen LogP contribution in [0.15, 0.2) is 65.6 Å². The predicted molar refractivity (Wildman–Crippen MR) is 150 cm³/mol. The van der Waals surface area contributed by atoms with Crippen molar-refractivity contribution in [2.24, 2.45) is 0 Å². The van der Waals surface area contributed by atoms with Gasteiger partial charge in [0.15, 0.2) is 0 Å². The summed E-state index contributed by atoms with van der Waals surface area (Å²) in [6, 6.07) is 21.1. The summed E-state index contributed by atoms with van der Waals surface area (Å²) in [7, 11) is 0. The van der Waals surface area contributed by atoms with Gasteiger partial charge in [-0.2, -0.15) is 0 Å². The standard InChI is InChI=1S/C30H35N3O2S/c1-36-25-13-10-23(11-14-25)27-18-21(8-15-29(27)33-16-3-2-4-17-33)20-31-30(35)32-28-7-5-6-22-9-12-24(34)19-26(22)28/h5-8,10-11,13-15,18,24,34H,2-4,9,12,16-17,19-20H2,1H3,(H2,31,32,35). The highest BCUT2D eigenvalue weighted by Crippen LogP contribution is 2.34. The van der Waals surface area contributed by atoms with Crippen molar-refractivity contribution in [3.05, 3.63) is 77.4 Å². The summed E-state index contributed by atoms with van der Waals surface area (Å²) < 4.78 is 0. The smallest absolute Gasteiger partial charge is 0.319 e. The topological polar surface area (TPSA) is 64.6 Å². The largest absolute Gasteiger partial charge is 0.393 e. The summed E-state index contributed by atoms with van der Waals surface area (Å²) in [5.74, 6) is 0. The molecule has 1 heterocycles. The Hall–Kier alpha value is -2.96. The maximum absolute atomic E-state index is 12.8. The molecule has 6 heteroatoms. The second kappa shape index (κ2) is 11.4. The number of hydrogen-bond acceptors (Lipinski definition) is 4. The fourth-order valence-corrected chi connectivity index (χ4v) is 5.75. The number of benzene rings is 3. The van der Waals surface area contributed by atoms with Crippen LogP contribution in [0, 0.1) is 0 Å². The lowest BCUT2D eigenvalue weighted by Gasteiger charge is -2.31. The number of carbonyl (C=O) groups excluding carboxylic acids is 1. The van der Waals surface area contributed by atoms with Crippen molar-refractivity contribution in [3.8, 4) is 11.1 Å². The molecular weight excluding hydrogens is 466 g/mol. The highest BCUT2D eigenvalue weighted by Gasteiger charge is 2.20. The zero-order chi connectivity index (χ0) is 24.9. The Morgan fingerprint density at radius 2 is 1.86 bits per heavy atom. The molecule has 36 heavy (non-hydrogen) atoms. The van der Waals surface area contributed by atoms with Crippen molar-refractivity contribution in [1.29, 1.82) is 0 Å². The van der Waals surface area contributed by atoms with E-state index in [1.54, 1.807) is 11.8 Å². The van der Waals surface area contributed by atoms with Crippen molar-refractivity contribution < 1.29 is 9.90 Å². The zero-order valence-corrected chi connectivity index (χ0v) is 21.7. The number of nitrogens with zero attached hydrogens (tertiary/aromatic N) is 1. The highest BCUT2D eigenvalue weighted by atomic mass is 32.2. The molecule has 2 amide bonds. The lowest BCUT2D eigenvalue weighted by atomic mass is 9.88. The van der Waals surface area contributed by atoms with Gasteiger partial charge in [-0.3, -0.25) is 0 Å².